The van der Waals surface area contributed by atoms with E-state index in [1.807, 2.05) is 19.9 Å². The van der Waals surface area contributed by atoms with E-state index in [9.17, 15) is 10.2 Å². The van der Waals surface area contributed by atoms with E-state index in [-0.39, 0.29) is 5.92 Å². The fraction of sp³-hybridized carbons (Fsp3) is 0.800. The van der Waals surface area contributed by atoms with Gasteiger partial charge in [-0.25, -0.2) is 0 Å². The van der Waals surface area contributed by atoms with Crippen molar-refractivity contribution in [1.82, 2.24) is 0 Å². The van der Waals surface area contributed by atoms with Crippen molar-refractivity contribution in [2.24, 2.45) is 11.7 Å². The molecule has 0 aliphatic heterocycles. The van der Waals surface area contributed by atoms with Crippen LogP contribution in [0.1, 0.15) is 27.2 Å². The van der Waals surface area contributed by atoms with E-state index in [4.69, 9.17) is 5.73 Å². The van der Waals surface area contributed by atoms with Gasteiger partial charge < -0.3 is 15.9 Å². The molecule has 76 valence electrons. The van der Waals surface area contributed by atoms with Gasteiger partial charge in [0.2, 0.25) is 0 Å². The minimum absolute atomic E-state index is 0.259. The number of nitrogens with two attached hydrogens (primary N) is 1. The lowest BCUT2D eigenvalue weighted by molar-refractivity contribution is -0.0484. The zero-order chi connectivity index (χ0) is 10.3. The standard InChI is InChI=1S/C10H19NO2/c1-7(2)10(11)5-4-9(3,13)8(12)6-10/h4-5,7-8,12-13H,6,11H2,1-3H3. The lowest BCUT2D eigenvalue weighted by Crippen LogP contribution is -2.54. The molecule has 3 unspecified atom stereocenters. The molecule has 0 aromatic carbocycles. The van der Waals surface area contributed by atoms with E-state index in [0.717, 1.165) is 0 Å². The van der Waals surface area contributed by atoms with Gasteiger partial charge in [0.1, 0.15) is 5.60 Å². The highest BCUT2D eigenvalue weighted by atomic mass is 16.3. The predicted molar refractivity (Wildman–Crippen MR) is 52.1 cm³/mol. The highest BCUT2D eigenvalue weighted by molar-refractivity contribution is 5.19. The molecule has 4 N–H and O–H groups in total. The van der Waals surface area contributed by atoms with Gasteiger partial charge in [0.15, 0.2) is 0 Å². The maximum atomic E-state index is 9.66. The van der Waals surface area contributed by atoms with Gasteiger partial charge in [0.25, 0.3) is 0 Å². The Balaban J connectivity index is 2.90. The van der Waals surface area contributed by atoms with Crippen LogP contribution in [0.5, 0.6) is 0 Å². The molecule has 0 heterocycles. The van der Waals surface area contributed by atoms with Crippen LogP contribution >= 0.6 is 0 Å². The molecule has 1 rings (SSSR count). The zero-order valence-corrected chi connectivity index (χ0v) is 8.49. The summed E-state index contributed by atoms with van der Waals surface area (Å²) in [5.41, 5.74) is 4.44. The molecule has 1 aliphatic rings. The Morgan fingerprint density at radius 2 is 2.00 bits per heavy atom. The molecule has 3 nitrogen and oxygen atoms in total. The van der Waals surface area contributed by atoms with Crippen LogP contribution < -0.4 is 5.73 Å². The Bertz CT molecular complexity index is 223. The number of hydrogen-bond acceptors (Lipinski definition) is 3. The summed E-state index contributed by atoms with van der Waals surface area (Å²) in [6.07, 6.45) is 3.05. The third-order valence-corrected chi connectivity index (χ3v) is 3.03. The summed E-state index contributed by atoms with van der Waals surface area (Å²) < 4.78 is 0. The normalized spacial score (nSPS) is 45.6. The van der Waals surface area contributed by atoms with Crippen molar-refractivity contribution >= 4 is 0 Å². The Hall–Kier alpha value is -0.380. The minimum Gasteiger partial charge on any atom is -0.390 e. The molecular formula is C10H19NO2. The molecule has 0 aromatic heterocycles. The quantitative estimate of drug-likeness (QED) is 0.518. The summed E-state index contributed by atoms with van der Waals surface area (Å²) in [6, 6.07) is 0. The number of aliphatic hydroxyl groups excluding tert-OH is 1. The highest BCUT2D eigenvalue weighted by Crippen LogP contribution is 2.31. The first kappa shape index (κ1) is 10.7. The average molecular weight is 185 g/mol. The molecular weight excluding hydrogens is 166 g/mol. The Morgan fingerprint density at radius 3 is 2.38 bits per heavy atom. The Labute approximate surface area is 79.3 Å². The maximum Gasteiger partial charge on any atom is 0.106 e. The van der Waals surface area contributed by atoms with Crippen molar-refractivity contribution in [1.29, 1.82) is 0 Å². The minimum atomic E-state index is -1.13. The second-order valence-corrected chi connectivity index (χ2v) is 4.55. The maximum absolute atomic E-state index is 9.66. The van der Waals surface area contributed by atoms with Crippen molar-refractivity contribution in [3.8, 4) is 0 Å². The highest BCUT2D eigenvalue weighted by Gasteiger charge is 2.40. The number of hydrogen-bond donors (Lipinski definition) is 3. The molecule has 0 radical (unpaired) electrons. The van der Waals surface area contributed by atoms with Crippen LogP contribution in [0.2, 0.25) is 0 Å². The van der Waals surface area contributed by atoms with E-state index in [1.165, 1.54) is 0 Å². The van der Waals surface area contributed by atoms with Crippen molar-refractivity contribution < 1.29 is 10.2 Å². The molecule has 3 atom stereocenters. The molecule has 0 saturated carbocycles. The van der Waals surface area contributed by atoms with Crippen molar-refractivity contribution in [3.63, 3.8) is 0 Å². The van der Waals surface area contributed by atoms with Crippen molar-refractivity contribution in [2.45, 2.75) is 44.4 Å². The third-order valence-electron chi connectivity index (χ3n) is 3.03. The van der Waals surface area contributed by atoms with Crippen LogP contribution in [-0.4, -0.2) is 27.5 Å². The van der Waals surface area contributed by atoms with Gasteiger partial charge >= 0.3 is 0 Å². The van der Waals surface area contributed by atoms with Gasteiger partial charge in [-0.05, 0) is 19.3 Å². The summed E-state index contributed by atoms with van der Waals surface area (Å²) in [4.78, 5) is 0. The second-order valence-electron chi connectivity index (χ2n) is 4.55. The van der Waals surface area contributed by atoms with E-state index < -0.39 is 17.2 Å². The van der Waals surface area contributed by atoms with Gasteiger partial charge in [-0.15, -0.1) is 0 Å². The predicted octanol–water partition coefficient (Wildman–Crippen LogP) is 0.412. The van der Waals surface area contributed by atoms with E-state index in [1.54, 1.807) is 13.0 Å². The topological polar surface area (TPSA) is 66.5 Å². The van der Waals surface area contributed by atoms with Crippen LogP contribution in [0.15, 0.2) is 12.2 Å². The third kappa shape index (κ3) is 1.93. The Morgan fingerprint density at radius 1 is 1.46 bits per heavy atom. The lowest BCUT2D eigenvalue weighted by atomic mass is 9.74. The summed E-state index contributed by atoms with van der Waals surface area (Å²) in [7, 11) is 0. The SMILES string of the molecule is CC(C)C1(N)C=CC(C)(O)C(O)C1. The van der Waals surface area contributed by atoms with Gasteiger partial charge in [0.05, 0.1) is 6.10 Å². The molecule has 13 heavy (non-hydrogen) atoms. The summed E-state index contributed by atoms with van der Waals surface area (Å²) in [5.74, 6) is 0.259. The first-order valence-electron chi connectivity index (χ1n) is 4.68. The van der Waals surface area contributed by atoms with Crippen LogP contribution in [0.4, 0.5) is 0 Å². The van der Waals surface area contributed by atoms with Crippen LogP contribution in [0.3, 0.4) is 0 Å². The zero-order valence-electron chi connectivity index (χ0n) is 8.49. The number of aliphatic hydroxyl groups is 2. The van der Waals surface area contributed by atoms with Crippen molar-refractivity contribution in [2.75, 3.05) is 0 Å². The van der Waals surface area contributed by atoms with Gasteiger partial charge in [-0.3, -0.25) is 0 Å². The summed E-state index contributed by atoms with van der Waals surface area (Å²) in [6.45, 7) is 5.61. The number of rotatable bonds is 1. The van der Waals surface area contributed by atoms with Crippen molar-refractivity contribution in [3.05, 3.63) is 12.2 Å². The monoisotopic (exact) mass is 185 g/mol. The fourth-order valence-corrected chi connectivity index (χ4v) is 1.47. The van der Waals surface area contributed by atoms with Gasteiger partial charge in [-0.1, -0.05) is 26.0 Å². The van der Waals surface area contributed by atoms with E-state index >= 15 is 0 Å². The average Bonchev–Trinajstić information content (AvgIpc) is 1.98. The molecule has 1 aliphatic carbocycles. The smallest absolute Gasteiger partial charge is 0.106 e. The molecule has 0 bridgehead atoms. The molecule has 3 heteroatoms. The molecule has 0 aromatic rings. The van der Waals surface area contributed by atoms with E-state index in [0.29, 0.717) is 6.42 Å². The molecule has 0 spiro atoms. The lowest BCUT2D eigenvalue weighted by Gasteiger charge is -2.41. The Kier molecular flexibility index (Phi) is 2.54. The molecule has 0 fully saturated rings. The van der Waals surface area contributed by atoms with Gasteiger partial charge in [0, 0.05) is 5.54 Å². The second kappa shape index (κ2) is 3.08. The molecule has 0 saturated heterocycles. The summed E-state index contributed by atoms with van der Waals surface area (Å²) in [5, 5.41) is 19.3. The largest absolute Gasteiger partial charge is 0.390 e. The molecule has 0 amide bonds. The van der Waals surface area contributed by atoms with E-state index in [2.05, 4.69) is 0 Å². The summed E-state index contributed by atoms with van der Waals surface area (Å²) >= 11 is 0. The van der Waals surface area contributed by atoms with Gasteiger partial charge in [-0.2, -0.15) is 0 Å². The first-order valence-corrected chi connectivity index (χ1v) is 4.68. The van der Waals surface area contributed by atoms with Crippen LogP contribution in [-0.2, 0) is 0 Å². The van der Waals surface area contributed by atoms with Crippen LogP contribution in [0, 0.1) is 5.92 Å². The first-order chi connectivity index (χ1) is 5.78. The van der Waals surface area contributed by atoms with Crippen LogP contribution in [0.25, 0.3) is 0 Å². The fourth-order valence-electron chi connectivity index (χ4n) is 1.47.